The molecule has 0 aliphatic carbocycles. The molecule has 0 bridgehead atoms. The summed E-state index contributed by atoms with van der Waals surface area (Å²) < 4.78 is 135. The molecule has 0 aliphatic heterocycles. The topological polar surface area (TPSA) is 407 Å². The number of phenols is 1. The summed E-state index contributed by atoms with van der Waals surface area (Å²) in [7, 11) is -16.8. The maximum Gasteiger partial charge on any atom is 0.425 e. The number of rotatable bonds is 22. The third-order valence-electron chi connectivity index (χ3n) is 11.2. The number of phenolic OH excluding ortho intramolecular Hbond substituents is 1. The summed E-state index contributed by atoms with van der Waals surface area (Å²) in [6.45, 7) is 6.44. The van der Waals surface area contributed by atoms with Crippen LogP contribution >= 0.6 is 0 Å². The van der Waals surface area contributed by atoms with Crippen molar-refractivity contribution in [2.24, 2.45) is 40.9 Å². The molecule has 7 aromatic carbocycles. The number of nitro groups is 1. The van der Waals surface area contributed by atoms with E-state index in [0.717, 1.165) is 28.9 Å². The van der Waals surface area contributed by atoms with Gasteiger partial charge in [0.25, 0.3) is 36.0 Å². The molecule has 27 nitrogen and oxygen atoms in total. The summed E-state index contributed by atoms with van der Waals surface area (Å²) in [6, 6.07) is 30.8. The zero-order chi connectivity index (χ0) is 59.2. The van der Waals surface area contributed by atoms with Crippen molar-refractivity contribution in [2.75, 3.05) is 30.0 Å². The Labute approximate surface area is 464 Å². The van der Waals surface area contributed by atoms with Crippen molar-refractivity contribution in [3.05, 3.63) is 148 Å². The predicted molar refractivity (Wildman–Crippen MR) is 296 cm³/mol. The predicted octanol–water partition coefficient (Wildman–Crippen LogP) is 12.6. The zero-order valence-electron chi connectivity index (χ0n) is 43.0. The Bertz CT molecular complexity index is 4130. The van der Waals surface area contributed by atoms with Crippen LogP contribution in [0.25, 0.3) is 10.8 Å². The van der Waals surface area contributed by atoms with E-state index in [9.17, 15) is 54.1 Å². The van der Waals surface area contributed by atoms with Crippen LogP contribution in [-0.4, -0.2) is 86.3 Å². The van der Waals surface area contributed by atoms with Gasteiger partial charge in [-0.3, -0.25) is 23.8 Å². The molecule has 0 saturated carbocycles. The van der Waals surface area contributed by atoms with Gasteiger partial charge in [-0.15, -0.1) is 33.1 Å². The van der Waals surface area contributed by atoms with Crippen molar-refractivity contribution < 1.29 is 71.0 Å². The lowest BCUT2D eigenvalue weighted by Gasteiger charge is -2.12. The number of para-hydroxylation sites is 1. The van der Waals surface area contributed by atoms with Crippen LogP contribution in [0.5, 0.6) is 17.2 Å². The summed E-state index contributed by atoms with van der Waals surface area (Å²) in [5, 5.41) is 61.7. The molecule has 0 fully saturated rings. The molecule has 0 atom stereocenters. The van der Waals surface area contributed by atoms with Gasteiger partial charge >= 0.3 is 10.6 Å². The fourth-order valence-electron chi connectivity index (χ4n) is 7.26. The number of anilines is 2. The summed E-state index contributed by atoms with van der Waals surface area (Å²) in [6.07, 6.45) is -0.253. The number of ether oxygens (including phenoxy) is 2. The summed E-state index contributed by atoms with van der Waals surface area (Å²) in [5.74, 6) is -1.18. The van der Waals surface area contributed by atoms with E-state index in [0.29, 0.717) is 45.1 Å². The Morgan fingerprint density at radius 3 is 1.40 bits per heavy atom. The maximum atomic E-state index is 12.1. The number of nitrogens with zero attached hydrogens (tertiary/aromatic N) is 9. The quantitative estimate of drug-likeness (QED) is 0.0138. The number of nitro benzene ring substituents is 1. The monoisotopic (exact) mass is 1190 g/mol. The molecule has 0 heterocycles. The maximum absolute atomic E-state index is 12.1. The van der Waals surface area contributed by atoms with E-state index in [2.05, 4.69) is 46.2 Å². The molecule has 0 radical (unpaired) electrons. The first-order valence-corrected chi connectivity index (χ1v) is 29.1. The molecule has 0 aromatic heterocycles. The number of hydrogen-bond acceptors (Lipinski definition) is 23. The molecule has 31 heteroatoms. The molecular formula is C50H48N10O17S4. The van der Waals surface area contributed by atoms with Gasteiger partial charge in [-0.25, -0.2) is 0 Å². The Kier molecular flexibility index (Phi) is 20.4. The summed E-state index contributed by atoms with van der Waals surface area (Å²) >= 11 is 0. The normalized spacial score (nSPS) is 12.1. The number of non-ortho nitro benzene ring substituents is 1. The van der Waals surface area contributed by atoms with Crippen LogP contribution < -0.4 is 14.8 Å². The summed E-state index contributed by atoms with van der Waals surface area (Å²) in [5.41, 5.74) is 4.76. The van der Waals surface area contributed by atoms with Gasteiger partial charge in [0.15, 0.2) is 5.75 Å². The molecule has 0 amide bonds. The van der Waals surface area contributed by atoms with Crippen LogP contribution in [0, 0.1) is 37.8 Å². The molecule has 0 spiro atoms. The van der Waals surface area contributed by atoms with Gasteiger partial charge in [0.05, 0.1) is 52.4 Å². The average molecular weight is 1190 g/mol. The number of nitrogens with one attached hydrogen (secondary N) is 1. The fraction of sp³-hybridized carbons (Fsp3) is 0.200. The minimum absolute atomic E-state index is 0.0246. The van der Waals surface area contributed by atoms with Crippen molar-refractivity contribution in [1.82, 2.24) is 0 Å². The highest BCUT2D eigenvalue weighted by Crippen LogP contribution is 2.42. The number of fused-ring (bicyclic) bond motifs is 1. The van der Waals surface area contributed by atoms with Gasteiger partial charge in [-0.2, -0.15) is 45.7 Å². The fourth-order valence-corrected chi connectivity index (χ4v) is 8.87. The van der Waals surface area contributed by atoms with E-state index in [-0.39, 0.29) is 71.7 Å². The van der Waals surface area contributed by atoms with Gasteiger partial charge in [0.2, 0.25) is 0 Å². The third kappa shape index (κ3) is 18.4. The first-order chi connectivity index (χ1) is 38.1. The van der Waals surface area contributed by atoms with E-state index in [1.54, 1.807) is 58.0 Å². The highest BCUT2D eigenvalue weighted by Gasteiger charge is 2.21. The Morgan fingerprint density at radius 2 is 0.938 bits per heavy atom. The Balaban J connectivity index is 0.00000255. The van der Waals surface area contributed by atoms with E-state index in [1.165, 1.54) is 18.2 Å². The number of aromatic hydroxyl groups is 1. The first kappa shape index (κ1) is 61.4. The molecule has 0 unspecified atom stereocenters. The lowest BCUT2D eigenvalue weighted by atomic mass is 10.1. The largest absolute Gasteiger partial charge is 0.505 e. The standard InChI is InChI=1S/C50H48N10O14S3.O3S/c1-30-23-42(31(2)22-41(30)54-53-40-16-12-34-26-36(13-15-38(34)50(40)61)51-35-10-6-5-7-11-35)55-58-45-25-33(4)44(29-48(45)74-19-9-21-76(67,68)69)57-59-46-24-32(3)43(28-47(46)73-18-8-20-75(64,65)66)56-52-39-17-14-37(60(62)63)27-49(39)77(70,71)72;1-4(2)3/h5-7,10-17,22-29,51,61H,8-9,18-21H2,1-4H3,(H,64,65,66)(H,67,68,69)(H,70,71,72);. The number of aryl methyl sites for hydroxylation is 4. The van der Waals surface area contributed by atoms with Crippen molar-refractivity contribution in [3.63, 3.8) is 0 Å². The highest BCUT2D eigenvalue weighted by atomic mass is 32.2. The molecular weight excluding hydrogens is 1140 g/mol. The van der Waals surface area contributed by atoms with Gasteiger partial charge < -0.3 is 19.9 Å². The molecule has 7 aromatic rings. The third-order valence-corrected chi connectivity index (χ3v) is 13.7. The average Bonchev–Trinajstić information content (AvgIpc) is 3.53. The van der Waals surface area contributed by atoms with Crippen LogP contribution in [-0.2, 0) is 41.0 Å². The number of benzene rings is 7. The first-order valence-electron chi connectivity index (χ1n) is 23.5. The number of azo groups is 4. The van der Waals surface area contributed by atoms with Gasteiger partial charge in [-0.1, -0.05) is 24.3 Å². The van der Waals surface area contributed by atoms with Crippen molar-refractivity contribution in [3.8, 4) is 17.2 Å². The smallest absolute Gasteiger partial charge is 0.425 e. The SMILES string of the molecule is Cc1cc(N=Nc2ccc3cc(Nc4ccccc4)ccc3c2O)c(C)cc1N=Nc1cc(C)c(N=Nc2cc(C)c(N=Nc3ccc([N+](=O)[O-])cc3S(=O)(=O)O)cc2OCCCS(=O)(=O)O)cc1OCCCS(=O)(=O)O.O=S(=O)=O. The second-order valence-corrected chi connectivity index (χ2v) is 22.3. The van der Waals surface area contributed by atoms with Crippen molar-refractivity contribution >= 4 is 114 Å². The van der Waals surface area contributed by atoms with Crippen LogP contribution in [0.2, 0.25) is 0 Å². The van der Waals surface area contributed by atoms with Crippen LogP contribution in [0.1, 0.15) is 35.1 Å². The minimum atomic E-state index is -4.99. The van der Waals surface area contributed by atoms with Crippen molar-refractivity contribution in [2.45, 2.75) is 45.4 Å². The highest BCUT2D eigenvalue weighted by molar-refractivity contribution is 7.86. The van der Waals surface area contributed by atoms with E-state index >= 15 is 0 Å². The number of hydrogen-bond donors (Lipinski definition) is 5. The van der Waals surface area contributed by atoms with Crippen LogP contribution in [0.3, 0.4) is 0 Å². The Hall–Kier alpha value is -8.85. The van der Waals surface area contributed by atoms with Gasteiger partial charge in [0.1, 0.15) is 39.1 Å². The molecule has 81 heavy (non-hydrogen) atoms. The summed E-state index contributed by atoms with van der Waals surface area (Å²) in [4.78, 5) is 9.54. The second-order valence-electron chi connectivity index (χ2n) is 17.4. The molecule has 5 N–H and O–H groups in total. The van der Waals surface area contributed by atoms with E-state index in [1.807, 2.05) is 48.5 Å². The molecule has 7 rings (SSSR count). The lowest BCUT2D eigenvalue weighted by molar-refractivity contribution is -0.385. The van der Waals surface area contributed by atoms with E-state index < -0.39 is 73.7 Å². The van der Waals surface area contributed by atoms with E-state index in [4.69, 9.17) is 22.1 Å². The van der Waals surface area contributed by atoms with Crippen LogP contribution in [0.4, 0.5) is 62.6 Å². The lowest BCUT2D eigenvalue weighted by Crippen LogP contribution is -2.08. The zero-order valence-corrected chi connectivity index (χ0v) is 46.2. The molecule has 0 aliphatic rings. The Morgan fingerprint density at radius 1 is 0.519 bits per heavy atom. The van der Waals surface area contributed by atoms with Gasteiger partial charge in [0, 0.05) is 41.0 Å². The minimum Gasteiger partial charge on any atom is -0.505 e. The molecule has 424 valence electrons. The van der Waals surface area contributed by atoms with Gasteiger partial charge in [-0.05, 0) is 135 Å². The van der Waals surface area contributed by atoms with Crippen molar-refractivity contribution in [1.29, 1.82) is 0 Å². The van der Waals surface area contributed by atoms with Crippen LogP contribution in [0.15, 0.2) is 161 Å². The molecule has 0 saturated heterocycles. The second kappa shape index (κ2) is 26.9.